The van der Waals surface area contributed by atoms with E-state index in [0.29, 0.717) is 24.3 Å². The molecule has 3 heterocycles. The molecule has 0 saturated carbocycles. The first kappa shape index (κ1) is 19.1. The van der Waals surface area contributed by atoms with Crippen LogP contribution in [0.4, 0.5) is 5.69 Å². The molecule has 1 amide bonds. The summed E-state index contributed by atoms with van der Waals surface area (Å²) < 4.78 is 5.55. The highest BCUT2D eigenvalue weighted by Crippen LogP contribution is 2.32. The van der Waals surface area contributed by atoms with Gasteiger partial charge in [0.1, 0.15) is 12.1 Å². The van der Waals surface area contributed by atoms with Gasteiger partial charge in [0.15, 0.2) is 6.29 Å². The Morgan fingerprint density at radius 3 is 3.15 bits per heavy atom. The first-order chi connectivity index (χ1) is 13.0. The highest BCUT2D eigenvalue weighted by molar-refractivity contribution is 5.91. The van der Waals surface area contributed by atoms with Crippen LogP contribution >= 0.6 is 0 Å². The number of carbonyl (C=O) groups is 1. The second kappa shape index (κ2) is 8.37. The molecule has 0 bridgehead atoms. The molecule has 1 saturated heterocycles. The van der Waals surface area contributed by atoms with Crippen molar-refractivity contribution in [1.82, 2.24) is 14.9 Å². The maximum Gasteiger partial charge on any atom is 0.236 e. The number of aromatic nitrogens is 2. The van der Waals surface area contributed by atoms with Gasteiger partial charge in [-0.05, 0) is 32.8 Å². The van der Waals surface area contributed by atoms with Gasteiger partial charge in [-0.1, -0.05) is 0 Å². The van der Waals surface area contributed by atoms with E-state index < -0.39 is 6.29 Å². The molecule has 3 N–H and O–H groups in total. The number of pyridine rings is 1. The zero-order chi connectivity index (χ0) is 19.4. The van der Waals surface area contributed by atoms with Crippen LogP contribution in [0.2, 0.25) is 0 Å². The topological polar surface area (TPSA) is 114 Å². The smallest absolute Gasteiger partial charge is 0.236 e. The number of carbonyl (C=O) groups excluding carboxylic acids is 1. The number of rotatable bonds is 6. The van der Waals surface area contributed by atoms with Crippen molar-refractivity contribution in [2.75, 3.05) is 18.4 Å². The Morgan fingerprint density at radius 2 is 2.41 bits per heavy atom. The fourth-order valence-corrected chi connectivity index (χ4v) is 3.41. The molecule has 1 aliphatic heterocycles. The van der Waals surface area contributed by atoms with Gasteiger partial charge in [0.05, 0.1) is 17.9 Å². The molecule has 8 heteroatoms. The Labute approximate surface area is 158 Å². The van der Waals surface area contributed by atoms with Crippen LogP contribution in [0.15, 0.2) is 18.5 Å². The van der Waals surface area contributed by atoms with Crippen molar-refractivity contribution < 1.29 is 14.6 Å². The molecule has 2 atom stereocenters. The largest absolute Gasteiger partial charge is 0.380 e. The number of aromatic amines is 1. The molecular weight excluding hydrogens is 346 g/mol. The number of aliphatic hydroxyl groups is 1. The SMILES string of the molecule is CC(C)OC(O)c1cnc2[nH]ccc2c1N[C@@H]1CCCN(C(=O)CC#N)C1. The van der Waals surface area contributed by atoms with Crippen LogP contribution in [0.5, 0.6) is 0 Å². The molecule has 0 aromatic carbocycles. The number of anilines is 1. The monoisotopic (exact) mass is 371 g/mol. The fourth-order valence-electron chi connectivity index (χ4n) is 3.41. The predicted octanol–water partition coefficient (Wildman–Crippen LogP) is 2.30. The summed E-state index contributed by atoms with van der Waals surface area (Å²) in [6.07, 6.45) is 3.82. The molecule has 0 radical (unpaired) electrons. The third-order valence-corrected chi connectivity index (χ3v) is 4.64. The van der Waals surface area contributed by atoms with E-state index in [1.54, 1.807) is 17.3 Å². The van der Waals surface area contributed by atoms with Gasteiger partial charge < -0.3 is 25.0 Å². The predicted molar refractivity (Wildman–Crippen MR) is 101 cm³/mol. The lowest BCUT2D eigenvalue weighted by Crippen LogP contribution is -2.45. The van der Waals surface area contributed by atoms with Crippen molar-refractivity contribution in [1.29, 1.82) is 5.26 Å². The normalized spacial score (nSPS) is 18.5. The molecular formula is C19H25N5O3. The fraction of sp³-hybridized carbons (Fsp3) is 0.526. The maximum absolute atomic E-state index is 12.1. The van der Waals surface area contributed by atoms with Gasteiger partial charge in [-0.2, -0.15) is 5.26 Å². The van der Waals surface area contributed by atoms with Crippen molar-refractivity contribution >= 4 is 22.6 Å². The van der Waals surface area contributed by atoms with Gasteiger partial charge in [0.2, 0.25) is 5.91 Å². The number of hydrogen-bond acceptors (Lipinski definition) is 6. The van der Waals surface area contributed by atoms with E-state index in [0.717, 1.165) is 23.9 Å². The van der Waals surface area contributed by atoms with Crippen molar-refractivity contribution in [3.63, 3.8) is 0 Å². The molecule has 1 fully saturated rings. The van der Waals surface area contributed by atoms with E-state index in [1.165, 1.54) is 0 Å². The molecule has 1 unspecified atom stereocenters. The summed E-state index contributed by atoms with van der Waals surface area (Å²) in [5.41, 5.74) is 2.04. The lowest BCUT2D eigenvalue weighted by Gasteiger charge is -2.34. The number of fused-ring (bicyclic) bond motifs is 1. The first-order valence-electron chi connectivity index (χ1n) is 9.20. The number of ether oxygens (including phenoxy) is 1. The Hall–Kier alpha value is -2.63. The summed E-state index contributed by atoms with van der Waals surface area (Å²) in [6.45, 7) is 4.91. The van der Waals surface area contributed by atoms with Crippen molar-refractivity contribution in [3.05, 3.63) is 24.0 Å². The highest BCUT2D eigenvalue weighted by Gasteiger charge is 2.26. The molecule has 2 aromatic rings. The van der Waals surface area contributed by atoms with E-state index in [1.807, 2.05) is 26.0 Å². The summed E-state index contributed by atoms with van der Waals surface area (Å²) in [4.78, 5) is 21.2. The van der Waals surface area contributed by atoms with Crippen molar-refractivity contribution in [3.8, 4) is 6.07 Å². The molecule has 144 valence electrons. The van der Waals surface area contributed by atoms with E-state index in [4.69, 9.17) is 10.00 Å². The lowest BCUT2D eigenvalue weighted by molar-refractivity contribution is -0.131. The van der Waals surface area contributed by atoms with Gasteiger partial charge >= 0.3 is 0 Å². The number of H-pyrrole nitrogens is 1. The molecule has 1 aliphatic rings. The summed E-state index contributed by atoms with van der Waals surface area (Å²) in [6, 6.07) is 3.84. The van der Waals surface area contributed by atoms with Crippen LogP contribution in [0.3, 0.4) is 0 Å². The molecule has 8 nitrogen and oxygen atoms in total. The Bertz CT molecular complexity index is 841. The van der Waals surface area contributed by atoms with Gasteiger partial charge in [0.25, 0.3) is 0 Å². The molecule has 0 aliphatic carbocycles. The Morgan fingerprint density at radius 1 is 1.59 bits per heavy atom. The van der Waals surface area contributed by atoms with Crippen LogP contribution in [-0.4, -0.2) is 51.1 Å². The number of nitrogens with zero attached hydrogens (tertiary/aromatic N) is 3. The third-order valence-electron chi connectivity index (χ3n) is 4.64. The number of hydrogen-bond donors (Lipinski definition) is 3. The summed E-state index contributed by atoms with van der Waals surface area (Å²) in [7, 11) is 0. The van der Waals surface area contributed by atoms with Crippen LogP contribution in [0.1, 0.15) is 45.0 Å². The molecule has 3 rings (SSSR count). The second-order valence-corrected chi connectivity index (χ2v) is 7.02. The summed E-state index contributed by atoms with van der Waals surface area (Å²) in [5, 5.41) is 23.6. The van der Waals surface area contributed by atoms with Gasteiger partial charge in [-0.3, -0.25) is 4.79 Å². The van der Waals surface area contributed by atoms with Gasteiger partial charge in [-0.15, -0.1) is 0 Å². The van der Waals surface area contributed by atoms with Gasteiger partial charge in [-0.25, -0.2) is 4.98 Å². The highest BCUT2D eigenvalue weighted by atomic mass is 16.6. The Kier molecular flexibility index (Phi) is 5.94. The van der Waals surface area contributed by atoms with Gasteiger partial charge in [0, 0.05) is 42.5 Å². The molecule has 0 spiro atoms. The lowest BCUT2D eigenvalue weighted by atomic mass is 10.0. The minimum atomic E-state index is -1.10. The molecule has 27 heavy (non-hydrogen) atoms. The average Bonchev–Trinajstić information content (AvgIpc) is 3.11. The minimum absolute atomic E-state index is 0.0203. The second-order valence-electron chi connectivity index (χ2n) is 7.02. The van der Waals surface area contributed by atoms with E-state index >= 15 is 0 Å². The first-order valence-corrected chi connectivity index (χ1v) is 9.20. The number of likely N-dealkylation sites (tertiary alicyclic amines) is 1. The summed E-state index contributed by atoms with van der Waals surface area (Å²) in [5.74, 6) is -0.145. The van der Waals surface area contributed by atoms with Crippen molar-refractivity contribution in [2.45, 2.75) is 51.5 Å². The number of amides is 1. The average molecular weight is 371 g/mol. The van der Waals surface area contributed by atoms with E-state index in [-0.39, 0.29) is 24.5 Å². The number of nitrogens with one attached hydrogen (secondary N) is 2. The minimum Gasteiger partial charge on any atom is -0.380 e. The zero-order valence-electron chi connectivity index (χ0n) is 15.6. The van der Waals surface area contributed by atoms with E-state index in [2.05, 4.69) is 15.3 Å². The number of aliphatic hydroxyl groups excluding tert-OH is 1. The number of nitriles is 1. The molecule has 2 aromatic heterocycles. The Balaban J connectivity index is 1.85. The van der Waals surface area contributed by atoms with E-state index in [9.17, 15) is 9.90 Å². The maximum atomic E-state index is 12.1. The van der Waals surface area contributed by atoms with Crippen LogP contribution < -0.4 is 5.32 Å². The zero-order valence-corrected chi connectivity index (χ0v) is 15.6. The third kappa shape index (κ3) is 4.38. The van der Waals surface area contributed by atoms with Crippen molar-refractivity contribution in [2.24, 2.45) is 0 Å². The quantitative estimate of drug-likeness (QED) is 0.671. The van der Waals surface area contributed by atoms with Crippen LogP contribution in [-0.2, 0) is 9.53 Å². The van der Waals surface area contributed by atoms with Crippen LogP contribution in [0.25, 0.3) is 11.0 Å². The standard InChI is InChI=1S/C19H25N5O3/c1-12(2)27-19(26)15-10-22-18-14(6-8-21-18)17(15)23-13-4-3-9-24(11-13)16(25)5-7-20/h6,8,10,12-13,19,26H,3-5,9,11H2,1-2H3,(H2,21,22,23)/t13-,19?/m1/s1. The number of piperidine rings is 1. The van der Waals surface area contributed by atoms with Crippen LogP contribution in [0, 0.1) is 11.3 Å². The summed E-state index contributed by atoms with van der Waals surface area (Å²) >= 11 is 0.